The molecule has 0 fully saturated rings. The molecule has 0 spiro atoms. The molecule has 0 aliphatic rings. The number of aliphatic hydroxyl groups excluding tert-OH is 3. The second kappa shape index (κ2) is 43.7. The summed E-state index contributed by atoms with van der Waals surface area (Å²) in [6.07, 6.45) is 44.2. The third-order valence-electron chi connectivity index (χ3n) is 13.6. The Kier molecular flexibility index (Phi) is 43.3. The fraction of sp³-hybridized carbons (Fsp3) is 0.981. The van der Waals surface area contributed by atoms with E-state index in [2.05, 4.69) is 27.7 Å². The average molecular weight is 853 g/mol. The van der Waals surface area contributed by atoms with E-state index in [9.17, 15) is 25.2 Å². The zero-order chi connectivity index (χ0) is 44.3. The Morgan fingerprint density at radius 1 is 0.417 bits per heavy atom. The van der Waals surface area contributed by atoms with Gasteiger partial charge in [-0.2, -0.15) is 0 Å². The number of aliphatic hydroxyl groups is 4. The van der Waals surface area contributed by atoms with Crippen LogP contribution in [0.15, 0.2) is 0 Å². The van der Waals surface area contributed by atoms with Crippen LogP contribution in [0.1, 0.15) is 304 Å². The van der Waals surface area contributed by atoms with Crippen molar-refractivity contribution in [3.05, 3.63) is 0 Å². The summed E-state index contributed by atoms with van der Waals surface area (Å²) in [5, 5.41) is 46.0. The number of rotatable bonds is 50. The molecule has 360 valence electrons. The summed E-state index contributed by atoms with van der Waals surface area (Å²) < 4.78 is 6.86. The van der Waals surface area contributed by atoms with E-state index in [0.717, 1.165) is 77.0 Å². The lowest BCUT2D eigenvalue weighted by Gasteiger charge is -2.49. The van der Waals surface area contributed by atoms with Gasteiger partial charge in [-0.15, -0.1) is 0 Å². The lowest BCUT2D eigenvalue weighted by molar-refractivity contribution is -0.244. The van der Waals surface area contributed by atoms with Gasteiger partial charge in [0.1, 0.15) is 17.8 Å². The molecule has 4 N–H and O–H groups in total. The number of Topliss-reactive ketones (excluding diaryl/α,β-unsaturated/α-hetero) is 1. The number of ketones is 1. The Balaban J connectivity index is 6.07. The molecule has 0 bridgehead atoms. The number of carbonyl (C=O) groups is 1. The van der Waals surface area contributed by atoms with Gasteiger partial charge in [-0.1, -0.05) is 265 Å². The predicted molar refractivity (Wildman–Crippen MR) is 259 cm³/mol. The van der Waals surface area contributed by atoms with Gasteiger partial charge in [0.05, 0.1) is 6.61 Å². The van der Waals surface area contributed by atoms with Crippen LogP contribution in [0.3, 0.4) is 0 Å². The van der Waals surface area contributed by atoms with E-state index in [-0.39, 0.29) is 12.2 Å². The molecule has 0 aliphatic carbocycles. The standard InChI is InChI=1S/C54H108O6/c1-5-9-13-17-21-25-29-33-37-41-45-51(57)54(47-43-39-35-31-27-23-19-15-11-7-3,60-48-44-40-36-32-28-24-20-16-12-8-4)53(59,52(58)50(56)49-55)46-42-38-34-30-26-22-18-14-10-6-2/h50,52,55-56,58-59H,5-49H2,1-4H3/t50-,52+,53+,54+/m1/s1. The zero-order valence-electron chi connectivity index (χ0n) is 41.1. The molecule has 0 aromatic rings. The summed E-state index contributed by atoms with van der Waals surface area (Å²) in [5.74, 6) is -0.121. The highest BCUT2D eigenvalue weighted by Gasteiger charge is 2.60. The SMILES string of the molecule is CCCCCCCCCCCCO[C@@](CCCCCCCCCCCC)(C(=O)CCCCCCCCCCCC)[C@](O)(CCCCCCCCCCCC)[C@@H](O)[C@H](O)CO. The molecule has 0 unspecified atom stereocenters. The molecule has 0 radical (unpaired) electrons. The average Bonchev–Trinajstić information content (AvgIpc) is 3.25. The fourth-order valence-electron chi connectivity index (χ4n) is 9.44. The van der Waals surface area contributed by atoms with Crippen LogP contribution in [0.5, 0.6) is 0 Å². The molecule has 0 aromatic carbocycles. The molecule has 0 heterocycles. The molecule has 0 saturated carbocycles. The maximum atomic E-state index is 14.9. The van der Waals surface area contributed by atoms with Gasteiger partial charge in [0.15, 0.2) is 11.4 Å². The van der Waals surface area contributed by atoms with Gasteiger partial charge in [0.25, 0.3) is 0 Å². The second-order valence-corrected chi connectivity index (χ2v) is 19.2. The summed E-state index contributed by atoms with van der Waals surface area (Å²) in [6, 6.07) is 0. The Hall–Kier alpha value is -0.530. The highest BCUT2D eigenvalue weighted by Crippen LogP contribution is 2.42. The van der Waals surface area contributed by atoms with E-state index in [1.165, 1.54) is 173 Å². The van der Waals surface area contributed by atoms with Crippen LogP contribution in [0.2, 0.25) is 0 Å². The lowest BCUT2D eigenvalue weighted by atomic mass is 9.67. The minimum absolute atomic E-state index is 0.121. The van der Waals surface area contributed by atoms with Crippen LogP contribution >= 0.6 is 0 Å². The molecule has 6 nitrogen and oxygen atoms in total. The summed E-state index contributed by atoms with van der Waals surface area (Å²) >= 11 is 0. The molecular weight excluding hydrogens is 745 g/mol. The van der Waals surface area contributed by atoms with Crippen molar-refractivity contribution in [1.29, 1.82) is 0 Å². The molecule has 0 saturated heterocycles. The van der Waals surface area contributed by atoms with Crippen molar-refractivity contribution in [1.82, 2.24) is 0 Å². The number of unbranched alkanes of at least 4 members (excludes halogenated alkanes) is 36. The largest absolute Gasteiger partial charge is 0.394 e. The van der Waals surface area contributed by atoms with E-state index in [0.29, 0.717) is 25.9 Å². The smallest absolute Gasteiger partial charge is 0.167 e. The molecule has 0 rings (SSSR count). The molecular formula is C54H108O6. The summed E-state index contributed by atoms with van der Waals surface area (Å²) in [6.45, 7) is 8.68. The van der Waals surface area contributed by atoms with Crippen molar-refractivity contribution in [3.8, 4) is 0 Å². The maximum Gasteiger partial charge on any atom is 0.167 e. The predicted octanol–water partition coefficient (Wildman–Crippen LogP) is 15.6. The first-order valence-electron chi connectivity index (χ1n) is 27.2. The first kappa shape index (κ1) is 59.5. The number of carbonyl (C=O) groups excluding carboxylic acids is 1. The molecule has 60 heavy (non-hydrogen) atoms. The third kappa shape index (κ3) is 29.8. The summed E-state index contributed by atoms with van der Waals surface area (Å²) in [5.41, 5.74) is -3.62. The van der Waals surface area contributed by atoms with Crippen LogP contribution in [-0.4, -0.2) is 62.8 Å². The van der Waals surface area contributed by atoms with Crippen LogP contribution in [-0.2, 0) is 9.53 Å². The van der Waals surface area contributed by atoms with Crippen LogP contribution < -0.4 is 0 Å². The van der Waals surface area contributed by atoms with Gasteiger partial charge in [-0.25, -0.2) is 0 Å². The van der Waals surface area contributed by atoms with Gasteiger partial charge in [-0.05, 0) is 32.1 Å². The fourth-order valence-corrected chi connectivity index (χ4v) is 9.44. The summed E-state index contributed by atoms with van der Waals surface area (Å²) in [7, 11) is 0. The third-order valence-corrected chi connectivity index (χ3v) is 13.6. The van der Waals surface area contributed by atoms with Crippen molar-refractivity contribution < 1.29 is 30.0 Å². The van der Waals surface area contributed by atoms with Crippen molar-refractivity contribution in [3.63, 3.8) is 0 Å². The summed E-state index contributed by atoms with van der Waals surface area (Å²) in [4.78, 5) is 14.9. The molecule has 0 aromatic heterocycles. The van der Waals surface area contributed by atoms with Crippen LogP contribution in [0.4, 0.5) is 0 Å². The van der Waals surface area contributed by atoms with E-state index in [4.69, 9.17) is 4.74 Å². The zero-order valence-corrected chi connectivity index (χ0v) is 41.1. The number of hydrogen-bond acceptors (Lipinski definition) is 6. The first-order chi connectivity index (χ1) is 29.3. The Labute approximate surface area is 375 Å². The van der Waals surface area contributed by atoms with E-state index in [1.54, 1.807) is 0 Å². The van der Waals surface area contributed by atoms with E-state index < -0.39 is 30.0 Å². The van der Waals surface area contributed by atoms with Gasteiger partial charge < -0.3 is 25.2 Å². The number of ether oxygens (including phenoxy) is 1. The molecule has 0 aliphatic heterocycles. The van der Waals surface area contributed by atoms with Gasteiger partial charge in [0.2, 0.25) is 0 Å². The van der Waals surface area contributed by atoms with Crippen LogP contribution in [0.25, 0.3) is 0 Å². The number of hydrogen-bond donors (Lipinski definition) is 4. The monoisotopic (exact) mass is 853 g/mol. The Morgan fingerprint density at radius 2 is 0.700 bits per heavy atom. The maximum absolute atomic E-state index is 14.9. The highest BCUT2D eigenvalue weighted by atomic mass is 16.5. The van der Waals surface area contributed by atoms with Crippen molar-refractivity contribution in [2.75, 3.05) is 13.2 Å². The van der Waals surface area contributed by atoms with Crippen LogP contribution in [0, 0.1) is 0 Å². The molecule has 4 atom stereocenters. The van der Waals surface area contributed by atoms with Gasteiger partial charge in [0, 0.05) is 13.0 Å². The van der Waals surface area contributed by atoms with Crippen molar-refractivity contribution in [2.24, 2.45) is 0 Å². The first-order valence-corrected chi connectivity index (χ1v) is 27.2. The Bertz CT molecular complexity index is 882. The topological polar surface area (TPSA) is 107 Å². The molecule has 0 amide bonds. The lowest BCUT2D eigenvalue weighted by Crippen LogP contribution is -2.69. The van der Waals surface area contributed by atoms with Gasteiger partial charge in [-0.3, -0.25) is 4.79 Å². The Morgan fingerprint density at radius 3 is 1.03 bits per heavy atom. The quantitative estimate of drug-likeness (QED) is 0.0454. The normalized spacial score (nSPS) is 14.9. The highest BCUT2D eigenvalue weighted by molar-refractivity contribution is 5.89. The minimum atomic E-state index is -2.00. The van der Waals surface area contributed by atoms with E-state index in [1.807, 2.05) is 0 Å². The minimum Gasteiger partial charge on any atom is -0.394 e. The second-order valence-electron chi connectivity index (χ2n) is 19.2. The van der Waals surface area contributed by atoms with Crippen molar-refractivity contribution in [2.45, 2.75) is 327 Å². The molecule has 6 heteroatoms. The van der Waals surface area contributed by atoms with E-state index >= 15 is 0 Å². The van der Waals surface area contributed by atoms with Crippen molar-refractivity contribution >= 4 is 5.78 Å². The van der Waals surface area contributed by atoms with Gasteiger partial charge >= 0.3 is 0 Å².